The number of hydrogen-bond donors (Lipinski definition) is 3. The first kappa shape index (κ1) is 15.1. The van der Waals surface area contributed by atoms with Gasteiger partial charge < -0.3 is 10.6 Å². The molecule has 0 unspecified atom stereocenters. The number of rotatable bonds is 5. The molecular weight excluding hydrogens is 322 g/mol. The summed E-state index contributed by atoms with van der Waals surface area (Å²) in [4.78, 5) is 11.9. The van der Waals surface area contributed by atoms with Crippen molar-refractivity contribution in [1.29, 1.82) is 0 Å². The zero-order chi connectivity index (χ0) is 15.5. The number of amides is 2. The number of benzene rings is 1. The van der Waals surface area contributed by atoms with Crippen LogP contribution in [0.2, 0.25) is 5.02 Å². The first-order valence-electron chi connectivity index (χ1n) is 7.06. The van der Waals surface area contributed by atoms with Crippen LogP contribution in [0.5, 0.6) is 0 Å². The van der Waals surface area contributed by atoms with Gasteiger partial charge in [-0.2, -0.15) is 5.10 Å². The van der Waals surface area contributed by atoms with Gasteiger partial charge in [0.15, 0.2) is 10.6 Å². The quantitative estimate of drug-likeness (QED) is 0.734. The fourth-order valence-corrected chi connectivity index (χ4v) is 2.71. The number of aromatic nitrogens is 3. The summed E-state index contributed by atoms with van der Waals surface area (Å²) in [5, 5.41) is 13.1. The molecule has 22 heavy (non-hydrogen) atoms. The lowest BCUT2D eigenvalue weighted by atomic mass is 10.2. The van der Waals surface area contributed by atoms with Crippen LogP contribution in [-0.4, -0.2) is 20.8 Å². The summed E-state index contributed by atoms with van der Waals surface area (Å²) in [7, 11) is 0. The highest BCUT2D eigenvalue weighted by Gasteiger charge is 2.27. The maximum absolute atomic E-state index is 11.9. The summed E-state index contributed by atoms with van der Waals surface area (Å²) in [6, 6.07) is 7.57. The van der Waals surface area contributed by atoms with Gasteiger partial charge in [-0.05, 0) is 36.7 Å². The normalized spacial score (nSPS) is 13.9. The summed E-state index contributed by atoms with van der Waals surface area (Å²) >= 11 is 11.2. The van der Waals surface area contributed by atoms with Crippen LogP contribution in [0.4, 0.5) is 4.79 Å². The van der Waals surface area contributed by atoms with E-state index in [4.69, 9.17) is 23.8 Å². The fraction of sp³-hybridized carbons (Fsp3) is 0.357. The van der Waals surface area contributed by atoms with Crippen LogP contribution in [0.15, 0.2) is 24.3 Å². The number of carbonyl (C=O) groups excluding carboxylic acids is 1. The van der Waals surface area contributed by atoms with Crippen molar-refractivity contribution in [2.24, 2.45) is 0 Å². The van der Waals surface area contributed by atoms with Crippen molar-refractivity contribution in [2.45, 2.75) is 32.0 Å². The van der Waals surface area contributed by atoms with Crippen LogP contribution in [0.1, 0.15) is 30.3 Å². The van der Waals surface area contributed by atoms with E-state index in [1.54, 1.807) is 6.07 Å². The molecule has 8 heteroatoms. The Balaban J connectivity index is 1.53. The second kappa shape index (κ2) is 6.50. The number of nitrogens with one attached hydrogen (secondary N) is 3. The fourth-order valence-electron chi connectivity index (χ4n) is 2.21. The van der Waals surface area contributed by atoms with Gasteiger partial charge >= 0.3 is 6.03 Å². The molecule has 1 fully saturated rings. The predicted molar refractivity (Wildman–Crippen MR) is 86.2 cm³/mol. The third kappa shape index (κ3) is 3.48. The zero-order valence-electron chi connectivity index (χ0n) is 11.8. The van der Waals surface area contributed by atoms with Crippen LogP contribution in [0, 0.1) is 4.77 Å². The van der Waals surface area contributed by atoms with E-state index in [0.29, 0.717) is 28.9 Å². The van der Waals surface area contributed by atoms with E-state index >= 15 is 0 Å². The first-order valence-corrected chi connectivity index (χ1v) is 7.84. The van der Waals surface area contributed by atoms with E-state index < -0.39 is 0 Å². The lowest BCUT2D eigenvalue weighted by molar-refractivity contribution is 0.239. The topological polar surface area (TPSA) is 74.7 Å². The Morgan fingerprint density at radius 1 is 1.36 bits per heavy atom. The Hall–Kier alpha value is -1.86. The molecule has 0 spiro atoms. The van der Waals surface area contributed by atoms with Crippen LogP contribution in [-0.2, 0) is 13.1 Å². The third-order valence-corrected chi connectivity index (χ3v) is 4.15. The van der Waals surface area contributed by atoms with E-state index in [2.05, 4.69) is 20.8 Å². The molecule has 0 aliphatic heterocycles. The standard InChI is InChI=1S/C14H16ClN5OS/c15-11-4-2-1-3-9(11)7-16-13(21)17-8-12-18-19-14(22)20(12)10-5-6-10/h1-4,10H,5-8H2,(H,19,22)(H2,16,17,21). The molecule has 2 amide bonds. The van der Waals surface area contributed by atoms with Gasteiger partial charge in [-0.3, -0.25) is 9.67 Å². The molecule has 0 radical (unpaired) electrons. The molecule has 6 nitrogen and oxygen atoms in total. The number of hydrogen-bond acceptors (Lipinski definition) is 3. The molecule has 1 aromatic carbocycles. The van der Waals surface area contributed by atoms with Crippen molar-refractivity contribution < 1.29 is 4.79 Å². The second-order valence-electron chi connectivity index (χ2n) is 5.17. The largest absolute Gasteiger partial charge is 0.334 e. The van der Waals surface area contributed by atoms with Crippen molar-refractivity contribution in [3.8, 4) is 0 Å². The Morgan fingerprint density at radius 3 is 2.82 bits per heavy atom. The average molecular weight is 338 g/mol. The van der Waals surface area contributed by atoms with Gasteiger partial charge in [0.25, 0.3) is 0 Å². The lowest BCUT2D eigenvalue weighted by Gasteiger charge is -2.09. The zero-order valence-corrected chi connectivity index (χ0v) is 13.4. The van der Waals surface area contributed by atoms with Gasteiger partial charge in [0.05, 0.1) is 6.54 Å². The SMILES string of the molecule is O=C(NCc1ccccc1Cl)NCc1n[nH]c(=S)n1C1CC1. The minimum absolute atomic E-state index is 0.267. The molecular formula is C14H16ClN5OS. The van der Waals surface area contributed by atoms with Gasteiger partial charge in [-0.25, -0.2) is 4.79 Å². The summed E-state index contributed by atoms with van der Waals surface area (Å²) in [6.07, 6.45) is 2.22. The Kier molecular flexibility index (Phi) is 4.44. The highest BCUT2D eigenvalue weighted by molar-refractivity contribution is 7.71. The van der Waals surface area contributed by atoms with Crippen LogP contribution >= 0.6 is 23.8 Å². The molecule has 1 aliphatic rings. The molecule has 3 rings (SSSR count). The third-order valence-electron chi connectivity index (χ3n) is 3.49. The molecule has 3 N–H and O–H groups in total. The smallest absolute Gasteiger partial charge is 0.315 e. The van der Waals surface area contributed by atoms with Crippen molar-refractivity contribution >= 4 is 29.8 Å². The van der Waals surface area contributed by atoms with Crippen molar-refractivity contribution in [1.82, 2.24) is 25.4 Å². The summed E-state index contributed by atoms with van der Waals surface area (Å²) < 4.78 is 2.58. The molecule has 0 atom stereocenters. The molecule has 1 aliphatic carbocycles. The van der Waals surface area contributed by atoms with Gasteiger partial charge in [0, 0.05) is 17.6 Å². The monoisotopic (exact) mass is 337 g/mol. The minimum Gasteiger partial charge on any atom is -0.334 e. The highest BCUT2D eigenvalue weighted by Crippen LogP contribution is 2.35. The predicted octanol–water partition coefficient (Wildman–Crippen LogP) is 2.93. The van der Waals surface area contributed by atoms with Gasteiger partial charge in [0.1, 0.15) is 0 Å². The van der Waals surface area contributed by atoms with Gasteiger partial charge in [-0.15, -0.1) is 0 Å². The molecule has 0 saturated heterocycles. The number of H-pyrrole nitrogens is 1. The molecule has 0 bridgehead atoms. The van der Waals surface area contributed by atoms with Crippen LogP contribution < -0.4 is 10.6 Å². The Bertz CT molecular complexity index is 737. The molecule has 2 aromatic rings. The molecule has 1 saturated carbocycles. The first-order chi connectivity index (χ1) is 10.6. The van der Waals surface area contributed by atoms with Gasteiger partial charge in [0.2, 0.25) is 0 Å². The van der Waals surface area contributed by atoms with E-state index in [1.165, 1.54) is 0 Å². The van der Waals surface area contributed by atoms with E-state index in [0.717, 1.165) is 24.2 Å². The molecule has 1 aromatic heterocycles. The van der Waals surface area contributed by atoms with E-state index in [1.807, 2.05) is 22.8 Å². The average Bonchev–Trinajstić information content (AvgIpc) is 3.27. The Labute approximate surface area is 137 Å². The number of carbonyl (C=O) groups is 1. The summed E-state index contributed by atoms with van der Waals surface area (Å²) in [6.45, 7) is 0.707. The van der Waals surface area contributed by atoms with Crippen molar-refractivity contribution in [3.05, 3.63) is 45.4 Å². The van der Waals surface area contributed by atoms with E-state index in [-0.39, 0.29) is 6.03 Å². The molecule has 1 heterocycles. The van der Waals surface area contributed by atoms with E-state index in [9.17, 15) is 4.79 Å². The van der Waals surface area contributed by atoms with Crippen molar-refractivity contribution in [3.63, 3.8) is 0 Å². The minimum atomic E-state index is -0.267. The number of urea groups is 1. The lowest BCUT2D eigenvalue weighted by Crippen LogP contribution is -2.35. The Morgan fingerprint density at radius 2 is 2.09 bits per heavy atom. The van der Waals surface area contributed by atoms with Crippen LogP contribution in [0.25, 0.3) is 0 Å². The number of nitrogens with zero attached hydrogens (tertiary/aromatic N) is 2. The van der Waals surface area contributed by atoms with Gasteiger partial charge in [-0.1, -0.05) is 29.8 Å². The maximum atomic E-state index is 11.9. The molecule has 116 valence electrons. The summed E-state index contributed by atoms with van der Waals surface area (Å²) in [5.74, 6) is 0.750. The van der Waals surface area contributed by atoms with Crippen molar-refractivity contribution in [2.75, 3.05) is 0 Å². The summed E-state index contributed by atoms with van der Waals surface area (Å²) in [5.41, 5.74) is 0.875. The second-order valence-corrected chi connectivity index (χ2v) is 5.97. The van der Waals surface area contributed by atoms with Crippen LogP contribution in [0.3, 0.4) is 0 Å². The number of halogens is 1. The maximum Gasteiger partial charge on any atom is 0.315 e. The highest BCUT2D eigenvalue weighted by atomic mass is 35.5. The number of aromatic amines is 1.